The quantitative estimate of drug-likeness (QED) is 0.885. The number of nitrogens with zero attached hydrogens (tertiary/aromatic N) is 2. The number of fused-ring (bicyclic) bond motifs is 1. The molecule has 0 aliphatic carbocycles. The number of aromatic hydroxyl groups is 1. The van der Waals surface area contributed by atoms with Crippen LogP contribution in [0.5, 0.6) is 5.75 Å². The molecule has 0 atom stereocenters. The van der Waals surface area contributed by atoms with Gasteiger partial charge >= 0.3 is 0 Å². The molecule has 5 heteroatoms. The molecule has 0 unspecified atom stereocenters. The number of ether oxygens (including phenoxy) is 1. The molecule has 3 rings (SSSR count). The fraction of sp³-hybridized carbons (Fsp3) is 0.333. The lowest BCUT2D eigenvalue weighted by atomic mass is 10.0. The van der Waals surface area contributed by atoms with Crippen molar-refractivity contribution in [3.8, 4) is 5.75 Å². The number of benzene rings is 1. The summed E-state index contributed by atoms with van der Waals surface area (Å²) in [4.78, 5) is 19.0. The van der Waals surface area contributed by atoms with Crippen LogP contribution >= 0.6 is 0 Å². The van der Waals surface area contributed by atoms with Crippen LogP contribution in [-0.2, 0) is 4.74 Å². The second-order valence-corrected chi connectivity index (χ2v) is 5.73. The van der Waals surface area contributed by atoms with E-state index >= 15 is 0 Å². The number of hydrogen-bond donors (Lipinski definition) is 1. The number of aromatic nitrogens is 1. The topological polar surface area (TPSA) is 62.7 Å². The van der Waals surface area contributed by atoms with Gasteiger partial charge in [-0.25, -0.2) is 4.98 Å². The molecule has 23 heavy (non-hydrogen) atoms. The maximum absolute atomic E-state index is 12.9. The van der Waals surface area contributed by atoms with E-state index in [0.29, 0.717) is 36.3 Å². The summed E-state index contributed by atoms with van der Waals surface area (Å²) >= 11 is 0. The third kappa shape index (κ3) is 2.92. The molecule has 120 valence electrons. The number of aryl methyl sites for hydroxylation is 1. The molecular formula is C18H20N2O3. The minimum atomic E-state index is -0.156. The van der Waals surface area contributed by atoms with Crippen molar-refractivity contribution in [2.45, 2.75) is 13.3 Å². The van der Waals surface area contributed by atoms with Gasteiger partial charge in [0, 0.05) is 25.6 Å². The maximum atomic E-state index is 12.9. The average Bonchev–Trinajstić information content (AvgIpc) is 2.56. The fourth-order valence-electron chi connectivity index (χ4n) is 2.91. The highest BCUT2D eigenvalue weighted by molar-refractivity contribution is 6.08. The first kappa shape index (κ1) is 15.5. The Morgan fingerprint density at radius 3 is 2.87 bits per heavy atom. The molecule has 2 aromatic rings. The molecule has 0 bridgehead atoms. The van der Waals surface area contributed by atoms with Crippen molar-refractivity contribution in [1.29, 1.82) is 0 Å². The van der Waals surface area contributed by atoms with E-state index in [1.54, 1.807) is 18.9 Å². The number of pyridine rings is 1. The minimum Gasteiger partial charge on any atom is -0.505 e. The van der Waals surface area contributed by atoms with Gasteiger partial charge in [0.25, 0.3) is 5.91 Å². The van der Waals surface area contributed by atoms with Crippen LogP contribution in [0, 0.1) is 6.92 Å². The highest BCUT2D eigenvalue weighted by Gasteiger charge is 2.24. The number of carbonyl (C=O) groups excluding carboxylic acids is 1. The predicted molar refractivity (Wildman–Crippen MR) is 88.6 cm³/mol. The van der Waals surface area contributed by atoms with Crippen LogP contribution in [0.3, 0.4) is 0 Å². The summed E-state index contributed by atoms with van der Waals surface area (Å²) in [6, 6.07) is 7.40. The standard InChI is InChI=1S/C18H20N2O3/c1-12-17(21)16(14-5-3-4-6-15(14)19-12)18(22)20-9-7-13(8-10-20)11-23-2/h3-7,21H,8-11H2,1-2H3. The van der Waals surface area contributed by atoms with Gasteiger partial charge < -0.3 is 14.7 Å². The summed E-state index contributed by atoms with van der Waals surface area (Å²) in [6.45, 7) is 3.48. The average molecular weight is 312 g/mol. The van der Waals surface area contributed by atoms with E-state index in [4.69, 9.17) is 4.74 Å². The number of para-hydroxylation sites is 1. The summed E-state index contributed by atoms with van der Waals surface area (Å²) in [5.41, 5.74) is 2.74. The molecule has 0 radical (unpaired) electrons. The van der Waals surface area contributed by atoms with Crippen molar-refractivity contribution in [3.05, 3.63) is 47.2 Å². The van der Waals surface area contributed by atoms with E-state index in [1.165, 1.54) is 5.57 Å². The van der Waals surface area contributed by atoms with Crippen LogP contribution in [0.4, 0.5) is 0 Å². The van der Waals surface area contributed by atoms with Crippen molar-refractivity contribution in [1.82, 2.24) is 9.88 Å². The highest BCUT2D eigenvalue weighted by Crippen LogP contribution is 2.30. The Kier molecular flexibility index (Phi) is 4.30. The van der Waals surface area contributed by atoms with E-state index in [-0.39, 0.29) is 11.7 Å². The first-order valence-electron chi connectivity index (χ1n) is 7.66. The minimum absolute atomic E-state index is 0.0274. The molecule has 1 N–H and O–H groups in total. The van der Waals surface area contributed by atoms with Crippen molar-refractivity contribution in [2.75, 3.05) is 26.8 Å². The predicted octanol–water partition coefficient (Wildman–Crippen LogP) is 2.67. The number of methoxy groups -OCH3 is 1. The Hall–Kier alpha value is -2.40. The molecule has 2 heterocycles. The zero-order valence-electron chi connectivity index (χ0n) is 13.4. The Morgan fingerprint density at radius 2 is 2.17 bits per heavy atom. The zero-order valence-corrected chi connectivity index (χ0v) is 13.4. The van der Waals surface area contributed by atoms with E-state index in [9.17, 15) is 9.90 Å². The number of rotatable bonds is 3. The second kappa shape index (κ2) is 6.38. The number of carbonyl (C=O) groups is 1. The molecule has 1 aliphatic rings. The van der Waals surface area contributed by atoms with Gasteiger partial charge in [-0.3, -0.25) is 4.79 Å². The van der Waals surface area contributed by atoms with Crippen molar-refractivity contribution in [3.63, 3.8) is 0 Å². The number of hydrogen-bond acceptors (Lipinski definition) is 4. The van der Waals surface area contributed by atoms with Crippen LogP contribution in [0.1, 0.15) is 22.5 Å². The highest BCUT2D eigenvalue weighted by atomic mass is 16.5. The van der Waals surface area contributed by atoms with Gasteiger partial charge in [-0.2, -0.15) is 0 Å². The Morgan fingerprint density at radius 1 is 1.39 bits per heavy atom. The van der Waals surface area contributed by atoms with Gasteiger partial charge in [0.15, 0.2) is 0 Å². The van der Waals surface area contributed by atoms with Gasteiger partial charge in [-0.15, -0.1) is 0 Å². The molecule has 5 nitrogen and oxygen atoms in total. The Bertz CT molecular complexity index is 783. The van der Waals surface area contributed by atoms with Crippen molar-refractivity contribution >= 4 is 16.8 Å². The van der Waals surface area contributed by atoms with Crippen LogP contribution in [0.15, 0.2) is 35.9 Å². The first-order valence-corrected chi connectivity index (χ1v) is 7.66. The lowest BCUT2D eigenvalue weighted by Gasteiger charge is -2.27. The molecule has 0 saturated carbocycles. The zero-order chi connectivity index (χ0) is 16.4. The molecule has 0 spiro atoms. The molecule has 0 fully saturated rings. The van der Waals surface area contributed by atoms with Gasteiger partial charge in [0.1, 0.15) is 5.75 Å². The van der Waals surface area contributed by atoms with E-state index in [2.05, 4.69) is 4.98 Å². The summed E-state index contributed by atoms with van der Waals surface area (Å²) < 4.78 is 5.13. The molecule has 1 aromatic carbocycles. The molecule has 1 amide bonds. The van der Waals surface area contributed by atoms with Gasteiger partial charge in [0.05, 0.1) is 23.4 Å². The van der Waals surface area contributed by atoms with E-state index in [0.717, 1.165) is 11.9 Å². The van der Waals surface area contributed by atoms with Gasteiger partial charge in [-0.05, 0) is 25.0 Å². The van der Waals surface area contributed by atoms with Crippen LogP contribution in [0.2, 0.25) is 0 Å². The summed E-state index contributed by atoms with van der Waals surface area (Å²) in [5, 5.41) is 11.1. The summed E-state index contributed by atoms with van der Waals surface area (Å²) in [5.74, 6) is -0.183. The SMILES string of the molecule is COCC1=CCN(C(=O)c2c(O)c(C)nc3ccccc23)CC1. The van der Waals surface area contributed by atoms with Crippen LogP contribution < -0.4 is 0 Å². The normalized spacial score (nSPS) is 14.9. The van der Waals surface area contributed by atoms with Gasteiger partial charge in [0.2, 0.25) is 0 Å². The molecular weight excluding hydrogens is 292 g/mol. The van der Waals surface area contributed by atoms with Gasteiger partial charge in [-0.1, -0.05) is 24.3 Å². The second-order valence-electron chi connectivity index (χ2n) is 5.73. The summed E-state index contributed by atoms with van der Waals surface area (Å²) in [6.07, 6.45) is 2.82. The number of amides is 1. The fourth-order valence-corrected chi connectivity index (χ4v) is 2.91. The molecule has 0 saturated heterocycles. The largest absolute Gasteiger partial charge is 0.505 e. The van der Waals surface area contributed by atoms with Crippen LogP contribution in [0.25, 0.3) is 10.9 Å². The van der Waals surface area contributed by atoms with Crippen molar-refractivity contribution in [2.24, 2.45) is 0 Å². The third-order valence-corrected chi connectivity index (χ3v) is 4.18. The van der Waals surface area contributed by atoms with E-state index < -0.39 is 0 Å². The monoisotopic (exact) mass is 312 g/mol. The molecule has 1 aliphatic heterocycles. The van der Waals surface area contributed by atoms with Crippen molar-refractivity contribution < 1.29 is 14.6 Å². The Balaban J connectivity index is 1.97. The van der Waals surface area contributed by atoms with Crippen LogP contribution in [-0.4, -0.2) is 47.7 Å². The van der Waals surface area contributed by atoms with E-state index in [1.807, 2.05) is 30.3 Å². The first-order chi connectivity index (χ1) is 11.1. The third-order valence-electron chi connectivity index (χ3n) is 4.18. The maximum Gasteiger partial charge on any atom is 0.258 e. The lowest BCUT2D eigenvalue weighted by molar-refractivity contribution is 0.0763. The Labute approximate surface area is 135 Å². The summed E-state index contributed by atoms with van der Waals surface area (Å²) in [7, 11) is 1.67. The smallest absolute Gasteiger partial charge is 0.258 e. The lowest BCUT2D eigenvalue weighted by Crippen LogP contribution is -2.35. The molecule has 1 aromatic heterocycles.